The van der Waals surface area contributed by atoms with E-state index in [1.54, 1.807) is 18.3 Å². The van der Waals surface area contributed by atoms with Gasteiger partial charge in [-0.25, -0.2) is 23.5 Å². The molecule has 0 saturated heterocycles. The standard InChI is InChI=1S/C13H12FN7O2/c1-23-13(22)16-5-9-6-20(19-18-9)10-2-3-12(11(14)4-10)21-8-15-7-17-21/h2-4,6-8H,5H2,1H3,(H,16,22). The van der Waals surface area contributed by atoms with Crippen LogP contribution in [0.1, 0.15) is 5.69 Å². The molecule has 0 spiro atoms. The van der Waals surface area contributed by atoms with Gasteiger partial charge in [-0.15, -0.1) is 5.10 Å². The Bertz CT molecular complexity index is 816. The molecule has 0 atom stereocenters. The van der Waals surface area contributed by atoms with Gasteiger partial charge in [0.25, 0.3) is 0 Å². The largest absolute Gasteiger partial charge is 0.453 e. The molecule has 0 saturated carbocycles. The number of halogens is 1. The Morgan fingerprint density at radius 1 is 1.39 bits per heavy atom. The molecule has 0 aliphatic rings. The number of alkyl carbamates (subject to hydrolysis) is 1. The quantitative estimate of drug-likeness (QED) is 0.765. The van der Waals surface area contributed by atoms with Crippen LogP contribution in [-0.2, 0) is 11.3 Å². The summed E-state index contributed by atoms with van der Waals surface area (Å²) in [5.74, 6) is -0.474. The van der Waals surface area contributed by atoms with Crippen molar-refractivity contribution in [3.8, 4) is 11.4 Å². The van der Waals surface area contributed by atoms with Gasteiger partial charge in [-0.2, -0.15) is 5.10 Å². The van der Waals surface area contributed by atoms with E-state index in [9.17, 15) is 9.18 Å². The van der Waals surface area contributed by atoms with Gasteiger partial charge in [0.1, 0.15) is 24.0 Å². The minimum absolute atomic E-state index is 0.159. The smallest absolute Gasteiger partial charge is 0.407 e. The molecular weight excluding hydrogens is 305 g/mol. The Hall–Kier alpha value is -3.30. The van der Waals surface area contributed by atoms with Crippen molar-refractivity contribution in [1.29, 1.82) is 0 Å². The number of nitrogens with one attached hydrogen (secondary N) is 1. The first-order valence-corrected chi connectivity index (χ1v) is 6.55. The number of carbonyl (C=O) groups is 1. The van der Waals surface area contributed by atoms with Crippen LogP contribution in [-0.4, -0.2) is 43.0 Å². The van der Waals surface area contributed by atoms with Gasteiger partial charge in [-0.3, -0.25) is 0 Å². The third kappa shape index (κ3) is 3.15. The summed E-state index contributed by atoms with van der Waals surface area (Å²) < 4.78 is 21.4. The van der Waals surface area contributed by atoms with E-state index in [4.69, 9.17) is 0 Å². The highest BCUT2D eigenvalue weighted by Gasteiger charge is 2.09. The molecular formula is C13H12FN7O2. The van der Waals surface area contributed by atoms with E-state index in [2.05, 4.69) is 30.4 Å². The number of benzene rings is 1. The number of hydrogen-bond donors (Lipinski definition) is 1. The first-order chi connectivity index (χ1) is 11.2. The van der Waals surface area contributed by atoms with Crippen molar-refractivity contribution in [1.82, 2.24) is 35.1 Å². The molecule has 9 nitrogen and oxygen atoms in total. The normalized spacial score (nSPS) is 10.5. The third-order valence-corrected chi connectivity index (χ3v) is 3.00. The molecule has 0 unspecified atom stereocenters. The fraction of sp³-hybridized carbons (Fsp3) is 0.154. The lowest BCUT2D eigenvalue weighted by atomic mass is 10.2. The molecule has 2 aromatic heterocycles. The topological polar surface area (TPSA) is 99.8 Å². The van der Waals surface area contributed by atoms with Gasteiger partial charge in [-0.05, 0) is 12.1 Å². The summed E-state index contributed by atoms with van der Waals surface area (Å²) in [6.07, 6.45) is 3.75. The number of rotatable bonds is 4. The van der Waals surface area contributed by atoms with Crippen LogP contribution in [0.5, 0.6) is 0 Å². The number of ether oxygens (including phenoxy) is 1. The van der Waals surface area contributed by atoms with Crippen LogP contribution in [0.25, 0.3) is 11.4 Å². The molecule has 0 aliphatic heterocycles. The van der Waals surface area contributed by atoms with Gasteiger partial charge < -0.3 is 10.1 Å². The second kappa shape index (κ2) is 6.22. The Morgan fingerprint density at radius 2 is 2.26 bits per heavy atom. The van der Waals surface area contributed by atoms with E-state index in [1.807, 2.05) is 0 Å². The number of hydrogen-bond acceptors (Lipinski definition) is 6. The molecule has 1 amide bonds. The average molecular weight is 317 g/mol. The maximum absolute atomic E-state index is 14.2. The van der Waals surface area contributed by atoms with E-state index >= 15 is 0 Å². The molecule has 3 rings (SSSR count). The third-order valence-electron chi connectivity index (χ3n) is 3.00. The van der Waals surface area contributed by atoms with Gasteiger partial charge in [0.15, 0.2) is 5.82 Å². The fourth-order valence-electron chi connectivity index (χ4n) is 1.90. The highest BCUT2D eigenvalue weighted by atomic mass is 19.1. The fourth-order valence-corrected chi connectivity index (χ4v) is 1.90. The number of nitrogens with zero attached hydrogens (tertiary/aromatic N) is 6. The van der Waals surface area contributed by atoms with E-state index in [0.717, 1.165) is 0 Å². The Labute approximate surface area is 129 Å². The highest BCUT2D eigenvalue weighted by molar-refractivity contribution is 5.66. The lowest BCUT2D eigenvalue weighted by molar-refractivity contribution is 0.170. The molecule has 2 heterocycles. The zero-order valence-electron chi connectivity index (χ0n) is 12.0. The molecule has 1 aromatic carbocycles. The zero-order valence-corrected chi connectivity index (χ0v) is 12.0. The Kier molecular flexibility index (Phi) is 3.95. The van der Waals surface area contributed by atoms with Crippen LogP contribution in [0.3, 0.4) is 0 Å². The second-order valence-electron chi connectivity index (χ2n) is 4.48. The molecule has 1 N–H and O–H groups in total. The second-order valence-corrected chi connectivity index (χ2v) is 4.48. The van der Waals surface area contributed by atoms with Crippen LogP contribution in [0.4, 0.5) is 9.18 Å². The molecule has 3 aromatic rings. The predicted octanol–water partition coefficient (Wildman–Crippen LogP) is 0.843. The summed E-state index contributed by atoms with van der Waals surface area (Å²) in [5.41, 5.74) is 1.28. The minimum atomic E-state index is -0.567. The monoisotopic (exact) mass is 317 g/mol. The van der Waals surface area contributed by atoms with Gasteiger partial charge in [0.2, 0.25) is 0 Å². The number of carbonyl (C=O) groups excluding carboxylic acids is 1. The summed E-state index contributed by atoms with van der Waals surface area (Å²) in [6.45, 7) is 0.159. The summed E-state index contributed by atoms with van der Waals surface area (Å²) in [7, 11) is 1.27. The molecule has 0 aliphatic carbocycles. The van der Waals surface area contributed by atoms with Crippen molar-refractivity contribution in [2.75, 3.05) is 7.11 Å². The summed E-state index contributed by atoms with van der Waals surface area (Å²) in [5, 5.41) is 14.2. The Balaban J connectivity index is 1.79. The van der Waals surface area contributed by atoms with Crippen molar-refractivity contribution in [3.63, 3.8) is 0 Å². The van der Waals surface area contributed by atoms with E-state index < -0.39 is 11.9 Å². The first-order valence-electron chi connectivity index (χ1n) is 6.55. The molecule has 10 heteroatoms. The van der Waals surface area contributed by atoms with Gasteiger partial charge >= 0.3 is 6.09 Å². The number of methoxy groups -OCH3 is 1. The Morgan fingerprint density at radius 3 is 2.96 bits per heavy atom. The molecule has 0 bridgehead atoms. The highest BCUT2D eigenvalue weighted by Crippen LogP contribution is 2.16. The predicted molar refractivity (Wildman–Crippen MR) is 75.5 cm³/mol. The van der Waals surface area contributed by atoms with Crippen LogP contribution in [0.15, 0.2) is 37.1 Å². The molecule has 0 radical (unpaired) electrons. The zero-order chi connectivity index (χ0) is 16.2. The van der Waals surface area contributed by atoms with E-state index in [0.29, 0.717) is 11.4 Å². The first kappa shape index (κ1) is 14.6. The summed E-state index contributed by atoms with van der Waals surface area (Å²) in [4.78, 5) is 14.8. The molecule has 23 heavy (non-hydrogen) atoms. The van der Waals surface area contributed by atoms with Crippen LogP contribution in [0, 0.1) is 5.82 Å². The minimum Gasteiger partial charge on any atom is -0.453 e. The number of aromatic nitrogens is 6. The lowest BCUT2D eigenvalue weighted by Gasteiger charge is -2.05. The van der Waals surface area contributed by atoms with Crippen molar-refractivity contribution < 1.29 is 13.9 Å². The van der Waals surface area contributed by atoms with Crippen LogP contribution < -0.4 is 5.32 Å². The summed E-state index contributed by atoms with van der Waals surface area (Å²) in [6, 6.07) is 4.54. The molecule has 118 valence electrons. The van der Waals surface area contributed by atoms with Crippen molar-refractivity contribution >= 4 is 6.09 Å². The maximum Gasteiger partial charge on any atom is 0.407 e. The van der Waals surface area contributed by atoms with Crippen molar-refractivity contribution in [2.45, 2.75) is 6.54 Å². The van der Waals surface area contributed by atoms with Crippen LogP contribution >= 0.6 is 0 Å². The van der Waals surface area contributed by atoms with Crippen molar-refractivity contribution in [3.05, 3.63) is 48.6 Å². The SMILES string of the molecule is COC(=O)NCc1cn(-c2ccc(-n3cncn3)c(F)c2)nn1. The van der Waals surface area contributed by atoms with E-state index in [-0.39, 0.29) is 12.2 Å². The van der Waals surface area contributed by atoms with Crippen molar-refractivity contribution in [2.24, 2.45) is 0 Å². The summed E-state index contributed by atoms with van der Waals surface area (Å²) >= 11 is 0. The van der Waals surface area contributed by atoms with Gasteiger partial charge in [0, 0.05) is 6.07 Å². The van der Waals surface area contributed by atoms with Gasteiger partial charge in [-0.1, -0.05) is 5.21 Å². The maximum atomic E-state index is 14.2. The molecule has 0 fully saturated rings. The average Bonchev–Trinajstić information content (AvgIpc) is 3.24. The number of amides is 1. The van der Waals surface area contributed by atoms with Crippen LogP contribution in [0.2, 0.25) is 0 Å². The lowest BCUT2D eigenvalue weighted by Crippen LogP contribution is -2.22. The van der Waals surface area contributed by atoms with E-state index in [1.165, 1.54) is 35.2 Å². The van der Waals surface area contributed by atoms with Gasteiger partial charge in [0.05, 0.1) is 25.5 Å².